The summed E-state index contributed by atoms with van der Waals surface area (Å²) < 4.78 is 73.0. The maximum atomic E-state index is 13.9. The summed E-state index contributed by atoms with van der Waals surface area (Å²) in [7, 11) is 0. The first-order valence-corrected chi connectivity index (χ1v) is 12.6. The molecule has 0 aliphatic rings. The number of rotatable bonds is 13. The topological polar surface area (TPSA) is 134 Å². The predicted octanol–water partition coefficient (Wildman–Crippen LogP) is 3.34. The van der Waals surface area contributed by atoms with Gasteiger partial charge >= 0.3 is 6.09 Å². The number of Topliss-reactive ketones (excluding diaryl/α,β-unsaturated/α-hetero) is 1. The van der Waals surface area contributed by atoms with Gasteiger partial charge in [-0.25, -0.2) is 26.7 Å². The minimum Gasteiger partial charge on any atom is -0.445 e. The average molecular weight is 588 g/mol. The Morgan fingerprint density at radius 1 is 0.854 bits per heavy atom. The lowest BCUT2D eigenvalue weighted by Crippen LogP contribution is -2.54. The van der Waals surface area contributed by atoms with Gasteiger partial charge in [-0.15, -0.1) is 0 Å². The van der Waals surface area contributed by atoms with Gasteiger partial charge in [0.25, 0.3) is 5.91 Å². The highest BCUT2D eigenvalue weighted by Crippen LogP contribution is 2.27. The number of benzene rings is 2. The lowest BCUT2D eigenvalue weighted by atomic mass is 10.0. The number of carbonyl (C=O) groups excluding carboxylic acids is 4. The van der Waals surface area contributed by atoms with Crippen LogP contribution in [0.1, 0.15) is 50.8 Å². The summed E-state index contributed by atoms with van der Waals surface area (Å²) in [5.74, 6) is -15.1. The second-order valence-electron chi connectivity index (χ2n) is 9.43. The summed E-state index contributed by atoms with van der Waals surface area (Å²) >= 11 is 0. The summed E-state index contributed by atoms with van der Waals surface area (Å²) in [5.41, 5.74) is -0.878. The molecule has 2 aromatic carbocycles. The van der Waals surface area contributed by atoms with Crippen molar-refractivity contribution in [1.29, 1.82) is 0 Å². The monoisotopic (exact) mass is 587 g/mol. The van der Waals surface area contributed by atoms with Crippen LogP contribution in [0.4, 0.5) is 26.7 Å². The third-order valence-corrected chi connectivity index (χ3v) is 5.83. The molecule has 0 radical (unpaired) electrons. The number of amides is 3. The van der Waals surface area contributed by atoms with Crippen molar-refractivity contribution in [3.8, 4) is 0 Å². The summed E-state index contributed by atoms with van der Waals surface area (Å²) in [4.78, 5) is 50.2. The smallest absolute Gasteiger partial charge is 0.408 e. The first-order valence-electron chi connectivity index (χ1n) is 12.6. The number of ether oxygens (including phenoxy) is 1. The number of halogens is 5. The molecule has 0 aliphatic heterocycles. The molecule has 2 rings (SSSR count). The molecule has 0 aromatic heterocycles. The van der Waals surface area contributed by atoms with E-state index in [0.717, 1.165) is 0 Å². The van der Waals surface area contributed by atoms with Gasteiger partial charge in [0.15, 0.2) is 23.3 Å². The molecule has 3 amide bonds. The highest BCUT2D eigenvalue weighted by molar-refractivity contribution is 6.38. The zero-order valence-corrected chi connectivity index (χ0v) is 22.4. The van der Waals surface area contributed by atoms with E-state index in [2.05, 4.69) is 10.6 Å². The normalized spacial score (nSPS) is 13.2. The number of carbonyl (C=O) groups is 4. The summed E-state index contributed by atoms with van der Waals surface area (Å²) in [6.45, 7) is 3.87. The molecule has 0 spiro atoms. The molecule has 0 saturated carbocycles. The molecule has 0 saturated heterocycles. The summed E-state index contributed by atoms with van der Waals surface area (Å²) in [6.07, 6.45) is -3.23. The van der Waals surface area contributed by atoms with E-state index in [1.165, 1.54) is 6.92 Å². The molecule has 3 atom stereocenters. The van der Waals surface area contributed by atoms with Crippen LogP contribution < -0.4 is 16.0 Å². The maximum Gasteiger partial charge on any atom is 0.408 e. The van der Waals surface area contributed by atoms with Crippen LogP contribution in [0, 0.1) is 35.0 Å². The Morgan fingerprint density at radius 3 is 1.95 bits per heavy atom. The van der Waals surface area contributed by atoms with Gasteiger partial charge in [0.1, 0.15) is 18.8 Å². The quantitative estimate of drug-likeness (QED) is 0.123. The Morgan fingerprint density at radius 2 is 1.41 bits per heavy atom. The standard InChI is InChI=1S/C27H30F5N3O6/c1-4-15(24(37)26(39)33-11-17(36)18-19(28)21(30)23(32)22(31)20(18)29)34-25(38)16(10-13(2)3)35-27(40)41-12-14-8-6-5-7-9-14/h5-9,13,15-17,36H,4,10-12H2,1-3H3,(H,33,39)(H,34,38)(H,35,40)/t15-,16-,17?/m0/s1. The SMILES string of the molecule is CC[C@H](NC(=O)[C@H](CC(C)C)NC(=O)OCc1ccccc1)C(=O)C(=O)NCC(O)c1c(F)c(F)c(F)c(F)c1F. The van der Waals surface area contributed by atoms with Crippen LogP contribution in [0.5, 0.6) is 0 Å². The van der Waals surface area contributed by atoms with Gasteiger partial charge in [0, 0.05) is 6.54 Å². The first kappa shape index (κ1) is 33.1. The average Bonchev–Trinajstić information content (AvgIpc) is 2.95. The van der Waals surface area contributed by atoms with E-state index in [-0.39, 0.29) is 25.4 Å². The summed E-state index contributed by atoms with van der Waals surface area (Å²) in [5, 5.41) is 16.6. The Hall–Kier alpha value is -4.07. The fourth-order valence-corrected chi connectivity index (χ4v) is 3.69. The Labute approximate surface area is 232 Å². The van der Waals surface area contributed by atoms with Crippen molar-refractivity contribution in [3.63, 3.8) is 0 Å². The van der Waals surface area contributed by atoms with Crippen LogP contribution in [0.2, 0.25) is 0 Å². The molecule has 14 heteroatoms. The van der Waals surface area contributed by atoms with Gasteiger partial charge in [-0.1, -0.05) is 51.1 Å². The van der Waals surface area contributed by atoms with E-state index in [1.807, 2.05) is 5.32 Å². The van der Waals surface area contributed by atoms with Crippen LogP contribution in [-0.2, 0) is 25.7 Å². The molecule has 41 heavy (non-hydrogen) atoms. The maximum absolute atomic E-state index is 13.9. The van der Waals surface area contributed by atoms with Crippen LogP contribution in [-0.4, -0.2) is 47.4 Å². The fourth-order valence-electron chi connectivity index (χ4n) is 3.69. The van der Waals surface area contributed by atoms with Crippen molar-refractivity contribution in [1.82, 2.24) is 16.0 Å². The molecule has 0 heterocycles. The zero-order valence-electron chi connectivity index (χ0n) is 22.4. The second kappa shape index (κ2) is 15.1. The number of hydrogen-bond acceptors (Lipinski definition) is 6. The van der Waals surface area contributed by atoms with Crippen LogP contribution >= 0.6 is 0 Å². The predicted molar refractivity (Wildman–Crippen MR) is 134 cm³/mol. The van der Waals surface area contributed by atoms with E-state index in [0.29, 0.717) is 5.56 Å². The number of aliphatic hydroxyl groups excluding tert-OH is 1. The first-order chi connectivity index (χ1) is 19.3. The molecule has 1 unspecified atom stereocenters. The van der Waals surface area contributed by atoms with Crippen molar-refractivity contribution in [3.05, 3.63) is 70.5 Å². The van der Waals surface area contributed by atoms with Crippen LogP contribution in [0.15, 0.2) is 30.3 Å². The Bertz CT molecular complexity index is 1230. The highest BCUT2D eigenvalue weighted by atomic mass is 19.2. The third-order valence-electron chi connectivity index (χ3n) is 5.83. The molecule has 0 bridgehead atoms. The van der Waals surface area contributed by atoms with Gasteiger partial charge in [0.05, 0.1) is 11.6 Å². The van der Waals surface area contributed by atoms with Crippen molar-refractivity contribution in [2.24, 2.45) is 5.92 Å². The molecular formula is C27H30F5N3O6. The number of aliphatic hydroxyl groups is 1. The van der Waals surface area contributed by atoms with Crippen molar-refractivity contribution in [2.45, 2.75) is 58.4 Å². The fraction of sp³-hybridized carbons (Fsp3) is 0.407. The zero-order chi connectivity index (χ0) is 30.9. The van der Waals surface area contributed by atoms with Crippen LogP contribution in [0.25, 0.3) is 0 Å². The molecule has 0 fully saturated rings. The van der Waals surface area contributed by atoms with E-state index in [1.54, 1.807) is 44.2 Å². The second-order valence-corrected chi connectivity index (χ2v) is 9.43. The molecule has 2 aromatic rings. The van der Waals surface area contributed by atoms with Crippen molar-refractivity contribution >= 4 is 23.7 Å². The minimum atomic E-state index is -2.42. The highest BCUT2D eigenvalue weighted by Gasteiger charge is 2.32. The largest absolute Gasteiger partial charge is 0.445 e. The summed E-state index contributed by atoms with van der Waals surface area (Å²) in [6, 6.07) is 6.21. The number of nitrogens with one attached hydrogen (secondary N) is 3. The third kappa shape index (κ3) is 8.96. The van der Waals surface area contributed by atoms with E-state index in [4.69, 9.17) is 4.74 Å². The molecular weight excluding hydrogens is 557 g/mol. The number of hydrogen-bond donors (Lipinski definition) is 4. The van der Waals surface area contributed by atoms with Crippen molar-refractivity contribution < 1.29 is 51.0 Å². The Kier molecular flexibility index (Phi) is 12.2. The molecule has 9 nitrogen and oxygen atoms in total. The van der Waals surface area contributed by atoms with Crippen LogP contribution in [0.3, 0.4) is 0 Å². The van der Waals surface area contributed by atoms with Gasteiger partial charge in [0.2, 0.25) is 17.5 Å². The Balaban J connectivity index is 2.02. The molecule has 4 N–H and O–H groups in total. The van der Waals surface area contributed by atoms with Gasteiger partial charge in [-0.2, -0.15) is 0 Å². The van der Waals surface area contributed by atoms with E-state index in [9.17, 15) is 46.2 Å². The van der Waals surface area contributed by atoms with Gasteiger partial charge < -0.3 is 25.8 Å². The number of alkyl carbamates (subject to hydrolysis) is 1. The van der Waals surface area contributed by atoms with Gasteiger partial charge in [-0.3, -0.25) is 14.4 Å². The minimum absolute atomic E-state index is 0.0597. The number of ketones is 1. The van der Waals surface area contributed by atoms with E-state index < -0.39 is 83.1 Å². The van der Waals surface area contributed by atoms with Gasteiger partial charge in [-0.05, 0) is 24.3 Å². The lowest BCUT2D eigenvalue weighted by Gasteiger charge is -2.23. The van der Waals surface area contributed by atoms with Crippen molar-refractivity contribution in [2.75, 3.05) is 6.54 Å². The molecule has 0 aliphatic carbocycles. The molecule has 224 valence electrons. The lowest BCUT2D eigenvalue weighted by molar-refractivity contribution is -0.140. The van der Waals surface area contributed by atoms with E-state index >= 15 is 0 Å².